The first-order valence-corrected chi connectivity index (χ1v) is 5.36. The topological polar surface area (TPSA) is 17.3 Å². The maximum atomic E-state index is 4.58. The molecule has 4 heteroatoms. The van der Waals surface area contributed by atoms with Crippen molar-refractivity contribution >= 4 is 34.0 Å². The Kier molecular flexibility index (Phi) is 4.29. The van der Waals surface area contributed by atoms with Gasteiger partial charge in [-0.25, -0.2) is 4.99 Å². The summed E-state index contributed by atoms with van der Waals surface area (Å²) in [5.74, 6) is 0. The summed E-state index contributed by atoms with van der Waals surface area (Å²) in [6, 6.07) is 8.16. The fourth-order valence-electron chi connectivity index (χ4n) is 1.23. The van der Waals surface area contributed by atoms with Crippen LogP contribution in [0.1, 0.15) is 5.56 Å². The summed E-state index contributed by atoms with van der Waals surface area (Å²) in [6.45, 7) is 2.08. The van der Waals surface area contributed by atoms with Gasteiger partial charge in [-0.2, -0.15) is 0 Å². The third-order valence-corrected chi connectivity index (χ3v) is 2.94. The Bertz CT molecular complexity index is 499. The van der Waals surface area contributed by atoms with Crippen molar-refractivity contribution in [3.63, 3.8) is 0 Å². The standard InChI is InChI=1S/C11H12N2S.BrH/c1-9-5-3-4-6-10(9)12-11-13(2)7-8-14-11;/h3-8H,1-2H3;1H. The number of halogens is 1. The Hall–Kier alpha value is -0.870. The van der Waals surface area contributed by atoms with Gasteiger partial charge in [0, 0.05) is 18.6 Å². The third kappa shape index (κ3) is 2.79. The average Bonchev–Trinajstić information content (AvgIpc) is 2.56. The molecule has 0 N–H and O–H groups in total. The van der Waals surface area contributed by atoms with Crippen LogP contribution < -0.4 is 4.80 Å². The summed E-state index contributed by atoms with van der Waals surface area (Å²) in [6.07, 6.45) is 2.02. The van der Waals surface area contributed by atoms with Crippen LogP contribution in [0.15, 0.2) is 40.8 Å². The van der Waals surface area contributed by atoms with Gasteiger partial charge in [-0.3, -0.25) is 0 Å². The van der Waals surface area contributed by atoms with E-state index in [1.807, 2.05) is 41.4 Å². The van der Waals surface area contributed by atoms with Crippen molar-refractivity contribution in [2.24, 2.45) is 12.0 Å². The normalized spacial score (nSPS) is 11.2. The molecule has 0 radical (unpaired) electrons. The summed E-state index contributed by atoms with van der Waals surface area (Å²) in [7, 11) is 2.01. The lowest BCUT2D eigenvalue weighted by molar-refractivity contribution is 0.873. The highest BCUT2D eigenvalue weighted by molar-refractivity contribution is 8.93. The fraction of sp³-hybridized carbons (Fsp3) is 0.182. The predicted octanol–water partition coefficient (Wildman–Crippen LogP) is 3.21. The zero-order chi connectivity index (χ0) is 9.97. The van der Waals surface area contributed by atoms with Gasteiger partial charge in [0.1, 0.15) is 0 Å². The van der Waals surface area contributed by atoms with E-state index in [0.29, 0.717) is 0 Å². The zero-order valence-corrected chi connectivity index (χ0v) is 11.2. The summed E-state index contributed by atoms with van der Waals surface area (Å²) in [5, 5.41) is 2.04. The molecule has 0 aliphatic rings. The molecule has 0 saturated carbocycles. The van der Waals surface area contributed by atoms with Gasteiger partial charge < -0.3 is 4.57 Å². The second-order valence-corrected chi connectivity index (χ2v) is 4.07. The molecule has 2 rings (SSSR count). The van der Waals surface area contributed by atoms with Gasteiger partial charge in [-0.1, -0.05) is 18.2 Å². The Labute approximate surface area is 104 Å². The van der Waals surface area contributed by atoms with E-state index in [4.69, 9.17) is 0 Å². The van der Waals surface area contributed by atoms with Crippen LogP contribution in [0.2, 0.25) is 0 Å². The first-order chi connectivity index (χ1) is 6.77. The van der Waals surface area contributed by atoms with Gasteiger partial charge in [0.15, 0.2) is 4.80 Å². The maximum absolute atomic E-state index is 4.58. The minimum atomic E-state index is 0. The molecule has 2 aromatic rings. The number of hydrogen-bond donors (Lipinski definition) is 0. The number of nitrogens with zero attached hydrogens (tertiary/aromatic N) is 2. The molecular weight excluding hydrogens is 272 g/mol. The number of aryl methyl sites for hydroxylation is 2. The lowest BCUT2D eigenvalue weighted by Gasteiger charge is -1.97. The van der Waals surface area contributed by atoms with Crippen molar-refractivity contribution in [1.29, 1.82) is 0 Å². The van der Waals surface area contributed by atoms with Crippen molar-refractivity contribution in [2.45, 2.75) is 6.92 Å². The van der Waals surface area contributed by atoms with E-state index in [0.717, 1.165) is 10.5 Å². The van der Waals surface area contributed by atoms with Crippen molar-refractivity contribution < 1.29 is 0 Å². The molecule has 1 aromatic carbocycles. The number of aromatic nitrogens is 1. The molecule has 80 valence electrons. The van der Waals surface area contributed by atoms with E-state index in [-0.39, 0.29) is 17.0 Å². The second-order valence-electron chi connectivity index (χ2n) is 3.19. The SMILES string of the molecule is Br.Cc1ccccc1N=c1sccn1C. The van der Waals surface area contributed by atoms with Gasteiger partial charge in [-0.15, -0.1) is 28.3 Å². The molecule has 0 spiro atoms. The van der Waals surface area contributed by atoms with Crippen molar-refractivity contribution in [3.8, 4) is 0 Å². The second kappa shape index (κ2) is 5.28. The van der Waals surface area contributed by atoms with Gasteiger partial charge in [0.2, 0.25) is 0 Å². The van der Waals surface area contributed by atoms with Crippen LogP contribution in [0.4, 0.5) is 5.69 Å². The van der Waals surface area contributed by atoms with Gasteiger partial charge >= 0.3 is 0 Å². The summed E-state index contributed by atoms with van der Waals surface area (Å²) < 4.78 is 2.02. The third-order valence-electron chi connectivity index (χ3n) is 2.09. The first-order valence-electron chi connectivity index (χ1n) is 4.48. The predicted molar refractivity (Wildman–Crippen MR) is 70.0 cm³/mol. The highest BCUT2D eigenvalue weighted by Crippen LogP contribution is 2.15. The molecule has 15 heavy (non-hydrogen) atoms. The Balaban J connectivity index is 0.00000112. The number of hydrogen-bond acceptors (Lipinski definition) is 2. The van der Waals surface area contributed by atoms with Crippen molar-refractivity contribution in [2.75, 3.05) is 0 Å². The lowest BCUT2D eigenvalue weighted by Crippen LogP contribution is -2.08. The summed E-state index contributed by atoms with van der Waals surface area (Å²) >= 11 is 1.65. The molecule has 0 bridgehead atoms. The molecule has 2 nitrogen and oxygen atoms in total. The number of thiazole rings is 1. The summed E-state index contributed by atoms with van der Waals surface area (Å²) in [4.78, 5) is 5.61. The summed E-state index contributed by atoms with van der Waals surface area (Å²) in [5.41, 5.74) is 2.26. The quantitative estimate of drug-likeness (QED) is 0.765. The largest absolute Gasteiger partial charge is 0.327 e. The van der Waals surface area contributed by atoms with Crippen LogP contribution in [0.3, 0.4) is 0 Å². The first kappa shape index (κ1) is 12.2. The van der Waals surface area contributed by atoms with E-state index in [9.17, 15) is 0 Å². The van der Waals surface area contributed by atoms with E-state index < -0.39 is 0 Å². The smallest absolute Gasteiger partial charge is 0.189 e. The molecular formula is C11H13BrN2S. The van der Waals surface area contributed by atoms with Crippen LogP contribution in [-0.4, -0.2) is 4.57 Å². The van der Waals surface area contributed by atoms with E-state index >= 15 is 0 Å². The number of benzene rings is 1. The maximum Gasteiger partial charge on any atom is 0.189 e. The monoisotopic (exact) mass is 284 g/mol. The number of para-hydroxylation sites is 1. The Morgan fingerprint density at radius 1 is 1.27 bits per heavy atom. The molecule has 1 aromatic heterocycles. The Morgan fingerprint density at radius 3 is 2.60 bits per heavy atom. The van der Waals surface area contributed by atoms with E-state index in [2.05, 4.69) is 18.0 Å². The van der Waals surface area contributed by atoms with E-state index in [1.54, 1.807) is 11.3 Å². The molecule has 0 aliphatic carbocycles. The molecule has 0 unspecified atom stereocenters. The molecule has 0 saturated heterocycles. The zero-order valence-electron chi connectivity index (χ0n) is 8.68. The minimum absolute atomic E-state index is 0. The van der Waals surface area contributed by atoms with Crippen molar-refractivity contribution in [3.05, 3.63) is 46.2 Å². The van der Waals surface area contributed by atoms with Gasteiger partial charge in [0.05, 0.1) is 5.69 Å². The molecule has 1 heterocycles. The molecule has 0 atom stereocenters. The van der Waals surface area contributed by atoms with Crippen LogP contribution in [0.5, 0.6) is 0 Å². The molecule has 0 fully saturated rings. The van der Waals surface area contributed by atoms with Crippen LogP contribution in [0.25, 0.3) is 0 Å². The van der Waals surface area contributed by atoms with Crippen molar-refractivity contribution in [1.82, 2.24) is 4.57 Å². The molecule has 0 amide bonds. The average molecular weight is 285 g/mol. The minimum Gasteiger partial charge on any atom is -0.327 e. The van der Waals surface area contributed by atoms with Gasteiger partial charge in [-0.05, 0) is 18.6 Å². The molecule has 0 aliphatic heterocycles. The van der Waals surface area contributed by atoms with Crippen LogP contribution in [0, 0.1) is 6.92 Å². The van der Waals surface area contributed by atoms with E-state index in [1.165, 1.54) is 5.56 Å². The highest BCUT2D eigenvalue weighted by Gasteiger charge is 1.94. The Morgan fingerprint density at radius 2 is 2.00 bits per heavy atom. The lowest BCUT2D eigenvalue weighted by atomic mass is 10.2. The highest BCUT2D eigenvalue weighted by atomic mass is 79.9. The number of rotatable bonds is 1. The van der Waals surface area contributed by atoms with Crippen LogP contribution >= 0.6 is 28.3 Å². The van der Waals surface area contributed by atoms with Gasteiger partial charge in [0.25, 0.3) is 0 Å². The van der Waals surface area contributed by atoms with Crippen LogP contribution in [-0.2, 0) is 7.05 Å². The fourth-order valence-corrected chi connectivity index (χ4v) is 1.97.